The maximum absolute atomic E-state index is 5.46. The van der Waals surface area contributed by atoms with Crippen LogP contribution < -0.4 is 0 Å². The minimum atomic E-state index is -0.512. The van der Waals surface area contributed by atoms with Gasteiger partial charge in [-0.2, -0.15) is 0 Å². The van der Waals surface area contributed by atoms with Crippen LogP contribution in [0.25, 0.3) is 72.5 Å². The number of aromatic nitrogens is 3. The standard InChI is InChI=1S/C47H29N3/c1-3-15-30(16-4-1)45-43-36-29-31(46-49-41-25-13-14-26-42(41)50(46)32-17-5-2-6-18-32)27-28-39(36)47(44(43)35-21-9-12-24-40(35)48-45)37-22-10-7-19-33(37)34-20-8-11-23-38(34)47/h1-29H. The second-order valence-corrected chi connectivity index (χ2v) is 13.3. The Kier molecular flexibility index (Phi) is 5.59. The van der Waals surface area contributed by atoms with Gasteiger partial charge in [0.2, 0.25) is 0 Å². The highest BCUT2D eigenvalue weighted by Crippen LogP contribution is 2.65. The van der Waals surface area contributed by atoms with Crippen LogP contribution in [0, 0.1) is 0 Å². The molecule has 0 amide bonds. The summed E-state index contributed by atoms with van der Waals surface area (Å²) in [5.41, 5.74) is 17.0. The molecule has 0 atom stereocenters. The Hall–Kier alpha value is -6.58. The van der Waals surface area contributed by atoms with Crippen molar-refractivity contribution < 1.29 is 0 Å². The maximum atomic E-state index is 5.46. The van der Waals surface area contributed by atoms with Crippen LogP contribution in [0.1, 0.15) is 22.3 Å². The molecule has 0 saturated heterocycles. The summed E-state index contributed by atoms with van der Waals surface area (Å²) in [5, 5.41) is 1.18. The van der Waals surface area contributed by atoms with Crippen molar-refractivity contribution in [2.75, 3.05) is 0 Å². The summed E-state index contributed by atoms with van der Waals surface area (Å²) in [5.74, 6) is 0.921. The summed E-state index contributed by atoms with van der Waals surface area (Å²) in [6.45, 7) is 0. The van der Waals surface area contributed by atoms with Gasteiger partial charge in [0.25, 0.3) is 0 Å². The van der Waals surface area contributed by atoms with Gasteiger partial charge in [-0.05, 0) is 75.3 Å². The van der Waals surface area contributed by atoms with Gasteiger partial charge in [0.05, 0.1) is 27.7 Å². The van der Waals surface area contributed by atoms with Gasteiger partial charge in [-0.15, -0.1) is 0 Å². The highest BCUT2D eigenvalue weighted by molar-refractivity contribution is 6.07. The quantitative estimate of drug-likeness (QED) is 0.193. The number of nitrogens with zero attached hydrogens (tertiary/aromatic N) is 3. The van der Waals surface area contributed by atoms with Crippen molar-refractivity contribution in [2.45, 2.75) is 5.41 Å². The number of imidazole rings is 1. The number of para-hydroxylation sites is 4. The third-order valence-corrected chi connectivity index (χ3v) is 10.8. The molecule has 0 fully saturated rings. The van der Waals surface area contributed by atoms with E-state index < -0.39 is 5.41 Å². The maximum Gasteiger partial charge on any atom is 0.145 e. The molecule has 0 saturated carbocycles. The van der Waals surface area contributed by atoms with E-state index in [0.29, 0.717) is 0 Å². The van der Waals surface area contributed by atoms with Crippen LogP contribution in [0.3, 0.4) is 0 Å². The number of pyridine rings is 1. The molecule has 11 rings (SSSR count). The molecule has 2 aliphatic rings. The average molecular weight is 636 g/mol. The molecule has 2 heterocycles. The summed E-state index contributed by atoms with van der Waals surface area (Å²) in [4.78, 5) is 10.7. The van der Waals surface area contributed by atoms with Crippen LogP contribution in [-0.4, -0.2) is 14.5 Å². The Morgan fingerprint density at radius 3 is 1.80 bits per heavy atom. The van der Waals surface area contributed by atoms with Gasteiger partial charge in [-0.3, -0.25) is 4.57 Å². The lowest BCUT2D eigenvalue weighted by atomic mass is 9.69. The summed E-state index contributed by atoms with van der Waals surface area (Å²) in [6, 6.07) is 63.4. The predicted octanol–water partition coefficient (Wildman–Crippen LogP) is 11.3. The van der Waals surface area contributed by atoms with Crippen LogP contribution >= 0.6 is 0 Å². The molecule has 1 spiro atoms. The summed E-state index contributed by atoms with van der Waals surface area (Å²) < 4.78 is 2.29. The van der Waals surface area contributed by atoms with E-state index in [2.05, 4.69) is 180 Å². The molecule has 2 aromatic heterocycles. The van der Waals surface area contributed by atoms with Crippen LogP contribution in [-0.2, 0) is 5.41 Å². The monoisotopic (exact) mass is 635 g/mol. The number of rotatable bonds is 3. The van der Waals surface area contributed by atoms with Gasteiger partial charge in [-0.1, -0.05) is 140 Å². The van der Waals surface area contributed by atoms with E-state index in [1.165, 1.54) is 49.9 Å². The lowest BCUT2D eigenvalue weighted by Crippen LogP contribution is -2.26. The zero-order valence-corrected chi connectivity index (χ0v) is 27.1. The number of benzene rings is 7. The molecule has 9 aromatic rings. The lowest BCUT2D eigenvalue weighted by Gasteiger charge is -2.31. The summed E-state index contributed by atoms with van der Waals surface area (Å²) >= 11 is 0. The molecule has 3 heteroatoms. The van der Waals surface area contributed by atoms with E-state index in [-0.39, 0.29) is 0 Å². The lowest BCUT2D eigenvalue weighted by molar-refractivity contribution is 0.801. The average Bonchev–Trinajstić information content (AvgIpc) is 3.83. The number of hydrogen-bond donors (Lipinski definition) is 0. The van der Waals surface area contributed by atoms with E-state index in [0.717, 1.165) is 44.9 Å². The highest BCUT2D eigenvalue weighted by atomic mass is 15.1. The second kappa shape index (κ2) is 10.2. The molecule has 0 bridgehead atoms. The molecule has 7 aromatic carbocycles. The predicted molar refractivity (Wildman–Crippen MR) is 204 cm³/mol. The summed E-state index contributed by atoms with van der Waals surface area (Å²) in [6.07, 6.45) is 0. The van der Waals surface area contributed by atoms with Gasteiger partial charge >= 0.3 is 0 Å². The van der Waals surface area contributed by atoms with E-state index in [1.807, 2.05) is 0 Å². The molecule has 2 aliphatic carbocycles. The summed E-state index contributed by atoms with van der Waals surface area (Å²) in [7, 11) is 0. The molecule has 0 aliphatic heterocycles. The third kappa shape index (κ3) is 3.53. The van der Waals surface area contributed by atoms with E-state index in [1.54, 1.807) is 0 Å². The SMILES string of the molecule is c1ccc(-c2nc3ccccc3c3c2-c2cc(-c4nc5ccccc5n4-c4ccccc4)ccc2C32c3ccccc3-c3ccccc32)cc1. The largest absolute Gasteiger partial charge is 0.292 e. The highest BCUT2D eigenvalue weighted by Gasteiger charge is 2.53. The van der Waals surface area contributed by atoms with Gasteiger partial charge in [0.15, 0.2) is 0 Å². The first-order chi connectivity index (χ1) is 24.8. The Labute approximate surface area is 289 Å². The van der Waals surface area contributed by atoms with E-state index in [4.69, 9.17) is 9.97 Å². The first-order valence-electron chi connectivity index (χ1n) is 17.2. The molecule has 0 unspecified atom stereocenters. The molecular formula is C47H29N3. The van der Waals surface area contributed by atoms with Crippen LogP contribution in [0.4, 0.5) is 0 Å². The van der Waals surface area contributed by atoms with Gasteiger partial charge in [0.1, 0.15) is 5.82 Å². The minimum absolute atomic E-state index is 0.512. The van der Waals surface area contributed by atoms with Crippen LogP contribution in [0.2, 0.25) is 0 Å². The number of fused-ring (bicyclic) bond motifs is 13. The number of hydrogen-bond acceptors (Lipinski definition) is 2. The van der Waals surface area contributed by atoms with E-state index in [9.17, 15) is 0 Å². The molecule has 50 heavy (non-hydrogen) atoms. The van der Waals surface area contributed by atoms with Gasteiger partial charge < -0.3 is 0 Å². The Bertz CT molecular complexity index is 2770. The molecule has 0 radical (unpaired) electrons. The molecular weight excluding hydrogens is 607 g/mol. The molecule has 0 N–H and O–H groups in total. The van der Waals surface area contributed by atoms with Crippen molar-refractivity contribution in [2.24, 2.45) is 0 Å². The van der Waals surface area contributed by atoms with Gasteiger partial charge in [-0.25, -0.2) is 9.97 Å². The van der Waals surface area contributed by atoms with Crippen molar-refractivity contribution in [3.05, 3.63) is 198 Å². The van der Waals surface area contributed by atoms with Crippen LogP contribution in [0.5, 0.6) is 0 Å². The minimum Gasteiger partial charge on any atom is -0.292 e. The molecule has 232 valence electrons. The topological polar surface area (TPSA) is 30.7 Å². The first kappa shape index (κ1) is 27.4. The fourth-order valence-corrected chi connectivity index (χ4v) is 8.87. The van der Waals surface area contributed by atoms with Crippen molar-refractivity contribution in [1.29, 1.82) is 0 Å². The van der Waals surface area contributed by atoms with Crippen molar-refractivity contribution >= 4 is 21.9 Å². The fraction of sp³-hybridized carbons (Fsp3) is 0.0213. The zero-order valence-electron chi connectivity index (χ0n) is 27.1. The molecule has 3 nitrogen and oxygen atoms in total. The Morgan fingerprint density at radius 2 is 1.04 bits per heavy atom. The van der Waals surface area contributed by atoms with E-state index >= 15 is 0 Å². The van der Waals surface area contributed by atoms with Crippen molar-refractivity contribution in [1.82, 2.24) is 14.5 Å². The smallest absolute Gasteiger partial charge is 0.145 e. The second-order valence-electron chi connectivity index (χ2n) is 13.3. The van der Waals surface area contributed by atoms with Crippen molar-refractivity contribution in [3.8, 4) is 50.6 Å². The fourth-order valence-electron chi connectivity index (χ4n) is 8.87. The first-order valence-corrected chi connectivity index (χ1v) is 17.2. The van der Waals surface area contributed by atoms with Crippen molar-refractivity contribution in [3.63, 3.8) is 0 Å². The Balaban J connectivity index is 1.31. The van der Waals surface area contributed by atoms with Crippen LogP contribution in [0.15, 0.2) is 176 Å². The third-order valence-electron chi connectivity index (χ3n) is 10.8. The van der Waals surface area contributed by atoms with Gasteiger partial charge in [0, 0.05) is 27.8 Å². The zero-order chi connectivity index (χ0) is 32.8. The Morgan fingerprint density at radius 1 is 0.440 bits per heavy atom. The normalized spacial score (nSPS) is 13.4.